The predicted molar refractivity (Wildman–Crippen MR) is 39.3 cm³/mol. The summed E-state index contributed by atoms with van der Waals surface area (Å²) in [4.78, 5) is 0. The van der Waals surface area contributed by atoms with E-state index in [1.165, 1.54) is 6.42 Å². The lowest BCUT2D eigenvalue weighted by Crippen LogP contribution is -2.08. The van der Waals surface area contributed by atoms with Crippen LogP contribution in [0.5, 0.6) is 0 Å². The van der Waals surface area contributed by atoms with Crippen molar-refractivity contribution in [3.8, 4) is 0 Å². The van der Waals surface area contributed by atoms with Crippen molar-refractivity contribution in [1.82, 2.24) is 0 Å². The molecule has 0 nitrogen and oxygen atoms in total. The number of rotatable bonds is 3. The van der Waals surface area contributed by atoms with Crippen LogP contribution in [0, 0.1) is 11.8 Å². The molecule has 50 valence electrons. The normalized spacial score (nSPS) is 14.6. The molecule has 0 saturated heterocycles. The van der Waals surface area contributed by atoms with Crippen molar-refractivity contribution in [2.75, 3.05) is 5.88 Å². The van der Waals surface area contributed by atoms with Crippen molar-refractivity contribution in [1.29, 1.82) is 0 Å². The summed E-state index contributed by atoms with van der Waals surface area (Å²) in [5, 5.41) is 0. The third kappa shape index (κ3) is 2.56. The van der Waals surface area contributed by atoms with E-state index in [9.17, 15) is 0 Å². The molecule has 0 saturated carbocycles. The largest absolute Gasteiger partial charge is 0.126 e. The Hall–Kier alpha value is 0.290. The molecular weight excluding hydrogens is 120 g/mol. The first kappa shape index (κ1) is 8.29. The van der Waals surface area contributed by atoms with Gasteiger partial charge in [0.15, 0.2) is 0 Å². The molecule has 1 heteroatoms. The van der Waals surface area contributed by atoms with E-state index in [-0.39, 0.29) is 0 Å². The molecule has 8 heavy (non-hydrogen) atoms. The van der Waals surface area contributed by atoms with Crippen molar-refractivity contribution in [3.63, 3.8) is 0 Å². The fourth-order valence-electron chi connectivity index (χ4n) is 0.759. The highest BCUT2D eigenvalue weighted by atomic mass is 35.5. The first-order valence-corrected chi connectivity index (χ1v) is 3.81. The fourth-order valence-corrected chi connectivity index (χ4v) is 1.33. The number of hydrogen-bond donors (Lipinski definition) is 0. The molecule has 0 aliphatic rings. The molecule has 0 N–H and O–H groups in total. The van der Waals surface area contributed by atoms with Crippen molar-refractivity contribution < 1.29 is 0 Å². The molecule has 0 amide bonds. The van der Waals surface area contributed by atoms with E-state index in [1.54, 1.807) is 0 Å². The highest BCUT2D eigenvalue weighted by Crippen LogP contribution is 2.15. The summed E-state index contributed by atoms with van der Waals surface area (Å²) in [5.74, 6) is 2.28. The maximum Gasteiger partial charge on any atom is 0.0254 e. The molecule has 0 bridgehead atoms. The van der Waals surface area contributed by atoms with Gasteiger partial charge in [0.05, 0.1) is 0 Å². The summed E-state index contributed by atoms with van der Waals surface area (Å²) >= 11 is 5.66. The van der Waals surface area contributed by atoms with Crippen molar-refractivity contribution in [3.05, 3.63) is 0 Å². The van der Waals surface area contributed by atoms with E-state index in [0.717, 1.165) is 17.7 Å². The van der Waals surface area contributed by atoms with Gasteiger partial charge in [-0.25, -0.2) is 0 Å². The number of alkyl halides is 1. The third-order valence-electron chi connectivity index (χ3n) is 1.67. The summed E-state index contributed by atoms with van der Waals surface area (Å²) in [6.07, 6.45) is 1.21. The first-order valence-electron chi connectivity index (χ1n) is 3.28. The standard InChI is InChI=1S/C7H15Cl/c1-4-7(5-8)6(2)3/h6-7H,4-5H2,1-3H3. The molecule has 1 atom stereocenters. The van der Waals surface area contributed by atoms with E-state index in [4.69, 9.17) is 11.6 Å². The molecule has 0 fully saturated rings. The van der Waals surface area contributed by atoms with Crippen molar-refractivity contribution in [2.24, 2.45) is 11.8 Å². The predicted octanol–water partition coefficient (Wildman–Crippen LogP) is 2.91. The molecule has 0 radical (unpaired) electrons. The van der Waals surface area contributed by atoms with Crippen LogP contribution in [-0.2, 0) is 0 Å². The monoisotopic (exact) mass is 134 g/mol. The zero-order chi connectivity index (χ0) is 6.57. The Morgan fingerprint density at radius 3 is 1.88 bits per heavy atom. The van der Waals surface area contributed by atoms with Crippen LogP contribution in [0.3, 0.4) is 0 Å². The minimum absolute atomic E-state index is 0.719. The van der Waals surface area contributed by atoms with Crippen LogP contribution in [0.1, 0.15) is 27.2 Å². The summed E-state index contributed by atoms with van der Waals surface area (Å²) < 4.78 is 0. The van der Waals surface area contributed by atoms with E-state index in [0.29, 0.717) is 0 Å². The highest BCUT2D eigenvalue weighted by Gasteiger charge is 2.07. The summed E-state index contributed by atoms with van der Waals surface area (Å²) in [7, 11) is 0. The molecule has 0 spiro atoms. The zero-order valence-corrected chi connectivity index (χ0v) is 6.70. The van der Waals surface area contributed by atoms with Crippen LogP contribution in [0.15, 0.2) is 0 Å². The van der Waals surface area contributed by atoms with Gasteiger partial charge in [-0.15, -0.1) is 11.6 Å². The number of hydrogen-bond acceptors (Lipinski definition) is 0. The second-order valence-electron chi connectivity index (χ2n) is 2.57. The minimum atomic E-state index is 0.719. The molecule has 0 aromatic rings. The smallest absolute Gasteiger partial charge is 0.0254 e. The minimum Gasteiger partial charge on any atom is -0.126 e. The van der Waals surface area contributed by atoms with Gasteiger partial charge in [0.2, 0.25) is 0 Å². The van der Waals surface area contributed by atoms with E-state index >= 15 is 0 Å². The molecule has 0 heterocycles. The second-order valence-corrected chi connectivity index (χ2v) is 2.88. The quantitative estimate of drug-likeness (QED) is 0.521. The Morgan fingerprint density at radius 1 is 1.38 bits per heavy atom. The van der Waals surface area contributed by atoms with E-state index in [2.05, 4.69) is 20.8 Å². The van der Waals surface area contributed by atoms with Gasteiger partial charge in [0.25, 0.3) is 0 Å². The lowest BCUT2D eigenvalue weighted by atomic mass is 9.96. The van der Waals surface area contributed by atoms with Crippen LogP contribution in [0.2, 0.25) is 0 Å². The van der Waals surface area contributed by atoms with Gasteiger partial charge in [-0.1, -0.05) is 27.2 Å². The van der Waals surface area contributed by atoms with Gasteiger partial charge in [-0.05, 0) is 11.8 Å². The highest BCUT2D eigenvalue weighted by molar-refractivity contribution is 6.18. The maximum absolute atomic E-state index is 5.66. The van der Waals surface area contributed by atoms with Crippen LogP contribution in [0.25, 0.3) is 0 Å². The van der Waals surface area contributed by atoms with Crippen LogP contribution in [0.4, 0.5) is 0 Å². The molecule has 0 aromatic heterocycles. The first-order chi connectivity index (χ1) is 3.72. The molecule has 0 aromatic carbocycles. The van der Waals surface area contributed by atoms with Gasteiger partial charge in [-0.2, -0.15) is 0 Å². The molecule has 0 rings (SSSR count). The summed E-state index contributed by atoms with van der Waals surface area (Å²) in [6, 6.07) is 0. The Kier molecular flexibility index (Phi) is 4.35. The van der Waals surface area contributed by atoms with Gasteiger partial charge >= 0.3 is 0 Å². The molecule has 0 aliphatic carbocycles. The topological polar surface area (TPSA) is 0 Å². The molecule has 0 aliphatic heterocycles. The van der Waals surface area contributed by atoms with Crippen molar-refractivity contribution >= 4 is 11.6 Å². The van der Waals surface area contributed by atoms with Crippen LogP contribution < -0.4 is 0 Å². The van der Waals surface area contributed by atoms with Crippen molar-refractivity contribution in [2.45, 2.75) is 27.2 Å². The average Bonchev–Trinajstić information content (AvgIpc) is 1.69. The third-order valence-corrected chi connectivity index (χ3v) is 2.06. The van der Waals surface area contributed by atoms with E-state index in [1.807, 2.05) is 0 Å². The average molecular weight is 135 g/mol. The summed E-state index contributed by atoms with van der Waals surface area (Å²) in [5.41, 5.74) is 0. The maximum atomic E-state index is 5.66. The van der Waals surface area contributed by atoms with E-state index < -0.39 is 0 Å². The Bertz CT molecular complexity index is 46.3. The summed E-state index contributed by atoms with van der Waals surface area (Å²) in [6.45, 7) is 6.63. The van der Waals surface area contributed by atoms with Crippen LogP contribution in [-0.4, -0.2) is 5.88 Å². The molecule has 1 unspecified atom stereocenters. The molecular formula is C7H15Cl. The Morgan fingerprint density at radius 2 is 1.88 bits per heavy atom. The Balaban J connectivity index is 3.35. The Labute approximate surface area is 57.2 Å². The lowest BCUT2D eigenvalue weighted by Gasteiger charge is -2.14. The lowest BCUT2D eigenvalue weighted by molar-refractivity contribution is 0.412. The van der Waals surface area contributed by atoms with Gasteiger partial charge < -0.3 is 0 Å². The number of halogens is 1. The fraction of sp³-hybridized carbons (Fsp3) is 1.00. The zero-order valence-electron chi connectivity index (χ0n) is 5.95. The van der Waals surface area contributed by atoms with Gasteiger partial charge in [-0.3, -0.25) is 0 Å². The van der Waals surface area contributed by atoms with Gasteiger partial charge in [0.1, 0.15) is 0 Å². The SMILES string of the molecule is CCC(CCl)C(C)C. The van der Waals surface area contributed by atoms with Crippen LogP contribution >= 0.6 is 11.6 Å². The second kappa shape index (κ2) is 4.20. The van der Waals surface area contributed by atoms with Gasteiger partial charge in [0, 0.05) is 5.88 Å².